The van der Waals surface area contributed by atoms with Crippen molar-refractivity contribution < 1.29 is 9.53 Å². The summed E-state index contributed by atoms with van der Waals surface area (Å²) in [7, 11) is 0. The second kappa shape index (κ2) is 5.08. The Morgan fingerprint density at radius 2 is 2.17 bits per heavy atom. The van der Waals surface area contributed by atoms with Crippen LogP contribution in [0.25, 0.3) is 0 Å². The number of amides is 1. The zero-order valence-corrected chi connectivity index (χ0v) is 10.9. The van der Waals surface area contributed by atoms with Crippen LogP contribution < -0.4 is 11.1 Å². The van der Waals surface area contributed by atoms with Crippen molar-refractivity contribution in [3.05, 3.63) is 35.4 Å². The van der Waals surface area contributed by atoms with Gasteiger partial charge in [0.2, 0.25) is 5.91 Å². The van der Waals surface area contributed by atoms with Crippen molar-refractivity contribution >= 4 is 5.91 Å². The van der Waals surface area contributed by atoms with Crippen molar-refractivity contribution in [2.45, 2.75) is 38.5 Å². The third-order valence-electron chi connectivity index (χ3n) is 3.82. The molecule has 2 atom stereocenters. The van der Waals surface area contributed by atoms with Crippen LogP contribution in [0.3, 0.4) is 0 Å². The molecule has 1 aliphatic heterocycles. The number of benzene rings is 1. The lowest BCUT2D eigenvalue weighted by Crippen LogP contribution is -2.47. The molecule has 1 heterocycles. The minimum atomic E-state index is -0.390. The summed E-state index contributed by atoms with van der Waals surface area (Å²) in [6.45, 7) is 5.85. The quantitative estimate of drug-likeness (QED) is 0.847. The van der Waals surface area contributed by atoms with Gasteiger partial charge in [0, 0.05) is 24.3 Å². The Kier molecular flexibility index (Phi) is 3.68. The summed E-state index contributed by atoms with van der Waals surface area (Å²) in [6.07, 6.45) is 1.25. The fourth-order valence-electron chi connectivity index (χ4n) is 2.16. The second-order valence-corrected chi connectivity index (χ2v) is 5.10. The highest BCUT2D eigenvalue weighted by Crippen LogP contribution is 2.25. The van der Waals surface area contributed by atoms with Gasteiger partial charge < -0.3 is 15.8 Å². The SMILES string of the molecule is CC1OCCC1(C)NCc1ccc(C(N)=O)cc1. The molecule has 0 radical (unpaired) electrons. The van der Waals surface area contributed by atoms with Crippen LogP contribution in [-0.2, 0) is 11.3 Å². The van der Waals surface area contributed by atoms with E-state index in [-0.39, 0.29) is 17.6 Å². The molecule has 0 aliphatic carbocycles. The Morgan fingerprint density at radius 1 is 1.50 bits per heavy atom. The average Bonchev–Trinajstić information content (AvgIpc) is 2.68. The van der Waals surface area contributed by atoms with E-state index in [1.165, 1.54) is 0 Å². The van der Waals surface area contributed by atoms with E-state index < -0.39 is 0 Å². The first kappa shape index (κ1) is 13.1. The minimum Gasteiger partial charge on any atom is -0.377 e. The smallest absolute Gasteiger partial charge is 0.248 e. The van der Waals surface area contributed by atoms with Gasteiger partial charge in [-0.15, -0.1) is 0 Å². The van der Waals surface area contributed by atoms with Gasteiger partial charge in [-0.1, -0.05) is 12.1 Å². The highest BCUT2D eigenvalue weighted by Gasteiger charge is 2.36. The normalized spacial score (nSPS) is 27.3. The Bertz CT molecular complexity index is 430. The van der Waals surface area contributed by atoms with Crippen LogP contribution in [0.1, 0.15) is 36.2 Å². The third kappa shape index (κ3) is 2.71. The van der Waals surface area contributed by atoms with Crippen LogP contribution in [0.4, 0.5) is 0 Å². The summed E-state index contributed by atoms with van der Waals surface area (Å²) >= 11 is 0. The maximum atomic E-state index is 11.0. The van der Waals surface area contributed by atoms with Crippen molar-refractivity contribution in [3.63, 3.8) is 0 Å². The summed E-state index contributed by atoms with van der Waals surface area (Å²) in [5.41, 5.74) is 6.92. The first-order chi connectivity index (χ1) is 8.51. The Hall–Kier alpha value is -1.39. The van der Waals surface area contributed by atoms with Crippen LogP contribution in [-0.4, -0.2) is 24.2 Å². The van der Waals surface area contributed by atoms with Gasteiger partial charge in [-0.3, -0.25) is 4.79 Å². The van der Waals surface area contributed by atoms with Crippen molar-refractivity contribution in [2.24, 2.45) is 5.73 Å². The molecule has 1 amide bonds. The summed E-state index contributed by atoms with van der Waals surface area (Å²) in [4.78, 5) is 11.0. The van der Waals surface area contributed by atoms with E-state index in [4.69, 9.17) is 10.5 Å². The number of nitrogens with one attached hydrogen (secondary N) is 1. The maximum Gasteiger partial charge on any atom is 0.248 e. The number of ether oxygens (including phenoxy) is 1. The molecule has 0 saturated carbocycles. The molecule has 18 heavy (non-hydrogen) atoms. The van der Waals surface area contributed by atoms with E-state index in [0.717, 1.165) is 25.1 Å². The van der Waals surface area contributed by atoms with E-state index in [1.54, 1.807) is 12.1 Å². The lowest BCUT2D eigenvalue weighted by atomic mass is 9.94. The van der Waals surface area contributed by atoms with Gasteiger partial charge in [0.1, 0.15) is 0 Å². The van der Waals surface area contributed by atoms with Crippen LogP contribution in [0.15, 0.2) is 24.3 Å². The average molecular weight is 248 g/mol. The molecule has 2 rings (SSSR count). The highest BCUT2D eigenvalue weighted by molar-refractivity contribution is 5.92. The minimum absolute atomic E-state index is 0.0301. The summed E-state index contributed by atoms with van der Waals surface area (Å²) < 4.78 is 5.58. The Morgan fingerprint density at radius 3 is 2.67 bits per heavy atom. The van der Waals surface area contributed by atoms with Crippen molar-refractivity contribution in [1.82, 2.24) is 5.32 Å². The predicted octanol–water partition coefficient (Wildman–Crippen LogP) is 1.44. The molecule has 2 unspecified atom stereocenters. The number of hydrogen-bond acceptors (Lipinski definition) is 3. The maximum absolute atomic E-state index is 11.0. The first-order valence-corrected chi connectivity index (χ1v) is 6.27. The van der Waals surface area contributed by atoms with Gasteiger partial charge in [-0.2, -0.15) is 0 Å². The van der Waals surface area contributed by atoms with E-state index >= 15 is 0 Å². The van der Waals surface area contributed by atoms with Crippen LogP contribution in [0.5, 0.6) is 0 Å². The number of primary amides is 1. The lowest BCUT2D eigenvalue weighted by molar-refractivity contribution is 0.0881. The monoisotopic (exact) mass is 248 g/mol. The molecular formula is C14H20N2O2. The molecule has 4 nitrogen and oxygen atoms in total. The van der Waals surface area contributed by atoms with Gasteiger partial charge in [-0.05, 0) is 38.0 Å². The largest absolute Gasteiger partial charge is 0.377 e. The summed E-state index contributed by atoms with van der Waals surface area (Å²) in [6, 6.07) is 7.38. The lowest BCUT2D eigenvalue weighted by Gasteiger charge is -2.29. The number of carbonyl (C=O) groups excluding carboxylic acids is 1. The molecule has 0 aromatic heterocycles. The molecule has 1 aliphatic rings. The third-order valence-corrected chi connectivity index (χ3v) is 3.82. The Labute approximate surface area is 108 Å². The number of nitrogens with two attached hydrogens (primary N) is 1. The molecule has 4 heteroatoms. The number of rotatable bonds is 4. The number of carbonyl (C=O) groups is 1. The molecule has 1 aromatic carbocycles. The first-order valence-electron chi connectivity index (χ1n) is 6.27. The molecule has 1 aromatic rings. The van der Waals surface area contributed by atoms with Crippen molar-refractivity contribution in [2.75, 3.05) is 6.61 Å². The fourth-order valence-corrected chi connectivity index (χ4v) is 2.16. The van der Waals surface area contributed by atoms with Crippen molar-refractivity contribution in [3.8, 4) is 0 Å². The predicted molar refractivity (Wildman–Crippen MR) is 70.2 cm³/mol. The van der Waals surface area contributed by atoms with Gasteiger partial charge >= 0.3 is 0 Å². The van der Waals surface area contributed by atoms with Gasteiger partial charge in [0.25, 0.3) is 0 Å². The number of hydrogen-bond donors (Lipinski definition) is 2. The topological polar surface area (TPSA) is 64.3 Å². The molecule has 0 bridgehead atoms. The summed E-state index contributed by atoms with van der Waals surface area (Å²) in [5.74, 6) is -0.390. The zero-order chi connectivity index (χ0) is 13.2. The van der Waals surface area contributed by atoms with E-state index in [2.05, 4.69) is 19.2 Å². The zero-order valence-electron chi connectivity index (χ0n) is 10.9. The van der Waals surface area contributed by atoms with Gasteiger partial charge in [-0.25, -0.2) is 0 Å². The molecule has 98 valence electrons. The van der Waals surface area contributed by atoms with Crippen LogP contribution in [0, 0.1) is 0 Å². The molecule has 1 saturated heterocycles. The van der Waals surface area contributed by atoms with Gasteiger partial charge in [0.05, 0.1) is 6.10 Å². The van der Waals surface area contributed by atoms with Crippen LogP contribution in [0.2, 0.25) is 0 Å². The van der Waals surface area contributed by atoms with Crippen LogP contribution >= 0.6 is 0 Å². The van der Waals surface area contributed by atoms with Crippen molar-refractivity contribution in [1.29, 1.82) is 0 Å². The van der Waals surface area contributed by atoms with E-state index in [9.17, 15) is 4.79 Å². The highest BCUT2D eigenvalue weighted by atomic mass is 16.5. The standard InChI is InChI=1S/C14H20N2O2/c1-10-14(2,7-8-18-10)16-9-11-3-5-12(6-4-11)13(15)17/h3-6,10,16H,7-9H2,1-2H3,(H2,15,17). The Balaban J connectivity index is 1.96. The summed E-state index contributed by atoms with van der Waals surface area (Å²) in [5, 5.41) is 3.53. The fraction of sp³-hybridized carbons (Fsp3) is 0.500. The second-order valence-electron chi connectivity index (χ2n) is 5.10. The van der Waals surface area contributed by atoms with E-state index in [1.807, 2.05) is 12.1 Å². The van der Waals surface area contributed by atoms with E-state index in [0.29, 0.717) is 5.56 Å². The molecule has 3 N–H and O–H groups in total. The van der Waals surface area contributed by atoms with Gasteiger partial charge in [0.15, 0.2) is 0 Å². The molecule has 1 fully saturated rings. The molecular weight excluding hydrogens is 228 g/mol. The molecule has 0 spiro atoms.